The Balaban J connectivity index is 3.29. The van der Waals surface area contributed by atoms with Crippen LogP contribution in [0.25, 0.3) is 0 Å². The van der Waals surface area contributed by atoms with Crippen molar-refractivity contribution in [1.82, 2.24) is 5.32 Å². The van der Waals surface area contributed by atoms with Gasteiger partial charge in [-0.1, -0.05) is 71.1 Å². The number of rotatable bonds is 15. The summed E-state index contributed by atoms with van der Waals surface area (Å²) >= 11 is 0. The normalized spacial score (nSPS) is 14.4. The second kappa shape index (κ2) is 15.3. The highest BCUT2D eigenvalue weighted by Crippen LogP contribution is 2.13. The van der Waals surface area contributed by atoms with Gasteiger partial charge in [-0.2, -0.15) is 0 Å². The average Bonchev–Trinajstić information content (AvgIpc) is 2.47. The van der Waals surface area contributed by atoms with Crippen LogP contribution < -0.4 is 5.32 Å². The SMILES string of the molecule is CCCCCCCCCCCCC(CC(C)OC)NC. The highest BCUT2D eigenvalue weighted by molar-refractivity contribution is 4.68. The van der Waals surface area contributed by atoms with Crippen LogP contribution in [0.3, 0.4) is 0 Å². The summed E-state index contributed by atoms with van der Waals surface area (Å²) in [5, 5.41) is 3.42. The minimum absolute atomic E-state index is 0.371. The molecule has 0 aromatic heterocycles. The lowest BCUT2D eigenvalue weighted by Gasteiger charge is -2.19. The van der Waals surface area contributed by atoms with E-state index in [-0.39, 0.29) is 0 Å². The van der Waals surface area contributed by atoms with Crippen LogP contribution in [0.5, 0.6) is 0 Å². The summed E-state index contributed by atoms with van der Waals surface area (Å²) < 4.78 is 5.34. The van der Waals surface area contributed by atoms with Gasteiger partial charge in [-0.15, -0.1) is 0 Å². The third kappa shape index (κ3) is 12.9. The Kier molecular flexibility index (Phi) is 15.3. The monoisotopic (exact) mass is 285 g/mol. The van der Waals surface area contributed by atoms with E-state index in [2.05, 4.69) is 26.2 Å². The highest BCUT2D eigenvalue weighted by Gasteiger charge is 2.10. The molecule has 0 heterocycles. The van der Waals surface area contributed by atoms with Crippen molar-refractivity contribution in [3.63, 3.8) is 0 Å². The number of nitrogens with one attached hydrogen (secondary N) is 1. The summed E-state index contributed by atoms with van der Waals surface area (Å²) in [5.74, 6) is 0. The molecular formula is C18H39NO. The predicted octanol–water partition coefficient (Wildman–Crippen LogP) is 5.31. The molecule has 0 aliphatic heterocycles. The van der Waals surface area contributed by atoms with E-state index in [0.717, 1.165) is 6.42 Å². The summed E-state index contributed by atoms with van der Waals surface area (Å²) in [6.45, 7) is 4.44. The molecule has 0 aromatic rings. The molecule has 0 radical (unpaired) electrons. The van der Waals surface area contributed by atoms with Crippen molar-refractivity contribution in [2.45, 2.75) is 103 Å². The lowest BCUT2D eigenvalue weighted by Crippen LogP contribution is -2.29. The Hall–Kier alpha value is -0.0800. The maximum absolute atomic E-state index is 5.34. The smallest absolute Gasteiger partial charge is 0.0558 e. The van der Waals surface area contributed by atoms with Gasteiger partial charge in [0.05, 0.1) is 6.10 Å². The van der Waals surface area contributed by atoms with Crippen LogP contribution in [0.2, 0.25) is 0 Å². The fraction of sp³-hybridized carbons (Fsp3) is 1.00. The standard InChI is InChI=1S/C18H39NO/c1-5-6-7-8-9-10-11-12-13-14-15-18(19-3)16-17(2)20-4/h17-19H,5-16H2,1-4H3. The van der Waals surface area contributed by atoms with Gasteiger partial charge in [-0.05, 0) is 26.8 Å². The Morgan fingerprint density at radius 3 is 1.80 bits per heavy atom. The number of unbranched alkanes of at least 4 members (excludes halogenated alkanes) is 9. The first-order valence-corrected chi connectivity index (χ1v) is 8.94. The molecule has 0 saturated carbocycles. The van der Waals surface area contributed by atoms with E-state index in [1.54, 1.807) is 7.11 Å². The first-order chi connectivity index (χ1) is 9.74. The zero-order valence-corrected chi connectivity index (χ0v) is 14.5. The molecule has 2 heteroatoms. The Morgan fingerprint density at radius 1 is 0.850 bits per heavy atom. The highest BCUT2D eigenvalue weighted by atomic mass is 16.5. The molecule has 122 valence electrons. The molecule has 0 aliphatic rings. The molecular weight excluding hydrogens is 246 g/mol. The molecule has 2 nitrogen and oxygen atoms in total. The lowest BCUT2D eigenvalue weighted by molar-refractivity contribution is 0.0999. The topological polar surface area (TPSA) is 21.3 Å². The average molecular weight is 286 g/mol. The van der Waals surface area contributed by atoms with Crippen molar-refractivity contribution in [3.05, 3.63) is 0 Å². The summed E-state index contributed by atoms with van der Waals surface area (Å²) in [4.78, 5) is 0. The van der Waals surface area contributed by atoms with Crippen LogP contribution in [0.1, 0.15) is 90.9 Å². The van der Waals surface area contributed by atoms with Gasteiger partial charge in [0.2, 0.25) is 0 Å². The first-order valence-electron chi connectivity index (χ1n) is 8.94. The van der Waals surface area contributed by atoms with E-state index in [0.29, 0.717) is 12.1 Å². The molecule has 0 aromatic carbocycles. The van der Waals surface area contributed by atoms with Gasteiger partial charge in [-0.25, -0.2) is 0 Å². The predicted molar refractivity (Wildman–Crippen MR) is 90.4 cm³/mol. The van der Waals surface area contributed by atoms with Crippen LogP contribution >= 0.6 is 0 Å². The zero-order chi connectivity index (χ0) is 15.1. The second-order valence-corrected chi connectivity index (χ2v) is 6.24. The van der Waals surface area contributed by atoms with Crippen LogP contribution in [0.15, 0.2) is 0 Å². The summed E-state index contributed by atoms with van der Waals surface area (Å²) in [6.07, 6.45) is 17.0. The Morgan fingerprint density at radius 2 is 1.35 bits per heavy atom. The van der Waals surface area contributed by atoms with E-state index in [9.17, 15) is 0 Å². The van der Waals surface area contributed by atoms with E-state index in [1.165, 1.54) is 70.6 Å². The largest absolute Gasteiger partial charge is 0.382 e. The summed E-state index contributed by atoms with van der Waals surface area (Å²) in [7, 11) is 3.88. The Bertz CT molecular complexity index is 184. The minimum atomic E-state index is 0.371. The first kappa shape index (κ1) is 19.9. The van der Waals surface area contributed by atoms with Crippen LogP contribution in [-0.2, 0) is 4.74 Å². The molecule has 2 unspecified atom stereocenters. The number of hydrogen-bond donors (Lipinski definition) is 1. The van der Waals surface area contributed by atoms with Gasteiger partial charge in [0.15, 0.2) is 0 Å². The van der Waals surface area contributed by atoms with Gasteiger partial charge in [0.1, 0.15) is 0 Å². The van der Waals surface area contributed by atoms with Crippen molar-refractivity contribution in [1.29, 1.82) is 0 Å². The maximum Gasteiger partial charge on any atom is 0.0558 e. The molecule has 0 rings (SSSR count). The van der Waals surface area contributed by atoms with Gasteiger partial charge in [0, 0.05) is 13.2 Å². The van der Waals surface area contributed by atoms with E-state index in [1.807, 2.05) is 0 Å². The molecule has 1 N–H and O–H groups in total. The molecule has 0 bridgehead atoms. The third-order valence-corrected chi connectivity index (χ3v) is 4.33. The van der Waals surface area contributed by atoms with E-state index in [4.69, 9.17) is 4.74 Å². The lowest BCUT2D eigenvalue weighted by atomic mass is 10.0. The molecule has 0 amide bonds. The van der Waals surface area contributed by atoms with Gasteiger partial charge < -0.3 is 10.1 Å². The van der Waals surface area contributed by atoms with Crippen molar-refractivity contribution < 1.29 is 4.74 Å². The van der Waals surface area contributed by atoms with Gasteiger partial charge in [-0.3, -0.25) is 0 Å². The maximum atomic E-state index is 5.34. The van der Waals surface area contributed by atoms with Crippen molar-refractivity contribution in [2.24, 2.45) is 0 Å². The minimum Gasteiger partial charge on any atom is -0.382 e. The van der Waals surface area contributed by atoms with E-state index < -0.39 is 0 Å². The van der Waals surface area contributed by atoms with Crippen molar-refractivity contribution >= 4 is 0 Å². The number of ether oxygens (including phenoxy) is 1. The van der Waals surface area contributed by atoms with E-state index >= 15 is 0 Å². The number of hydrogen-bond acceptors (Lipinski definition) is 2. The fourth-order valence-corrected chi connectivity index (χ4v) is 2.76. The van der Waals surface area contributed by atoms with Gasteiger partial charge in [0.25, 0.3) is 0 Å². The summed E-state index contributed by atoms with van der Waals surface area (Å²) in [6, 6.07) is 0.624. The molecule has 0 aliphatic carbocycles. The van der Waals surface area contributed by atoms with Gasteiger partial charge >= 0.3 is 0 Å². The molecule has 0 fully saturated rings. The molecule has 2 atom stereocenters. The molecule has 0 saturated heterocycles. The van der Waals surface area contributed by atoms with Crippen molar-refractivity contribution in [3.8, 4) is 0 Å². The molecule has 20 heavy (non-hydrogen) atoms. The van der Waals surface area contributed by atoms with Crippen molar-refractivity contribution in [2.75, 3.05) is 14.2 Å². The number of methoxy groups -OCH3 is 1. The second-order valence-electron chi connectivity index (χ2n) is 6.24. The zero-order valence-electron chi connectivity index (χ0n) is 14.5. The quantitative estimate of drug-likeness (QED) is 0.412. The van der Waals surface area contributed by atoms with Crippen LogP contribution in [0.4, 0.5) is 0 Å². The summed E-state index contributed by atoms with van der Waals surface area (Å²) in [5.41, 5.74) is 0. The van der Waals surface area contributed by atoms with Crippen LogP contribution in [-0.4, -0.2) is 26.3 Å². The molecule has 0 spiro atoms. The fourth-order valence-electron chi connectivity index (χ4n) is 2.76. The Labute approximate surface area is 128 Å². The van der Waals surface area contributed by atoms with Crippen LogP contribution in [0, 0.1) is 0 Å². The third-order valence-electron chi connectivity index (χ3n) is 4.33.